The lowest BCUT2D eigenvalue weighted by Crippen LogP contribution is -2.46. The molecule has 0 bridgehead atoms. The first kappa shape index (κ1) is 21.6. The Balaban J connectivity index is 1.40. The lowest BCUT2D eigenvalue weighted by Gasteiger charge is -2.41. The van der Waals surface area contributed by atoms with Crippen molar-refractivity contribution in [3.63, 3.8) is 0 Å². The molecule has 1 saturated heterocycles. The molecule has 1 aliphatic heterocycles. The summed E-state index contributed by atoms with van der Waals surface area (Å²) in [6.45, 7) is 0.461. The van der Waals surface area contributed by atoms with Crippen molar-refractivity contribution in [3.8, 4) is 5.82 Å². The van der Waals surface area contributed by atoms with Gasteiger partial charge in [0, 0.05) is 25.4 Å². The van der Waals surface area contributed by atoms with Crippen molar-refractivity contribution >= 4 is 17.5 Å². The summed E-state index contributed by atoms with van der Waals surface area (Å²) in [6, 6.07) is 24.8. The molecule has 7 nitrogen and oxygen atoms in total. The van der Waals surface area contributed by atoms with Crippen LogP contribution in [0.5, 0.6) is 0 Å². The number of benzene rings is 2. The maximum Gasteiger partial charge on any atom is 0.229 e. The molecule has 7 heteroatoms. The molecule has 1 aliphatic rings. The van der Waals surface area contributed by atoms with Gasteiger partial charge in [-0.3, -0.25) is 9.59 Å². The van der Waals surface area contributed by atoms with Crippen molar-refractivity contribution in [2.24, 2.45) is 5.92 Å². The van der Waals surface area contributed by atoms with Crippen LogP contribution in [0.1, 0.15) is 30.0 Å². The number of nitrogens with zero attached hydrogens (tertiary/aromatic N) is 4. The highest BCUT2D eigenvalue weighted by Crippen LogP contribution is 2.38. The summed E-state index contributed by atoms with van der Waals surface area (Å²) in [6.07, 6.45) is 5.96. The molecule has 34 heavy (non-hydrogen) atoms. The van der Waals surface area contributed by atoms with Crippen molar-refractivity contribution in [3.05, 3.63) is 109 Å². The Hall–Kier alpha value is -4.26. The van der Waals surface area contributed by atoms with Crippen LogP contribution in [0.3, 0.4) is 0 Å². The topological polar surface area (TPSA) is 80.1 Å². The number of rotatable bonds is 6. The number of likely N-dealkylation sites (tertiary alicyclic amines) is 1. The van der Waals surface area contributed by atoms with E-state index in [4.69, 9.17) is 0 Å². The van der Waals surface area contributed by atoms with Crippen molar-refractivity contribution in [2.45, 2.75) is 25.4 Å². The molecule has 5 rings (SSSR count). The van der Waals surface area contributed by atoms with Crippen LogP contribution in [0.15, 0.2) is 97.5 Å². The Morgan fingerprint density at radius 1 is 0.971 bits per heavy atom. The molecule has 4 aromatic rings. The van der Waals surface area contributed by atoms with Crippen molar-refractivity contribution < 1.29 is 9.59 Å². The second-order valence-corrected chi connectivity index (χ2v) is 8.35. The average Bonchev–Trinajstić information content (AvgIpc) is 3.42. The summed E-state index contributed by atoms with van der Waals surface area (Å²) >= 11 is 0. The zero-order valence-electron chi connectivity index (χ0n) is 18.6. The molecule has 0 saturated carbocycles. The monoisotopic (exact) mass is 451 g/mol. The molecule has 2 aromatic heterocycles. The van der Waals surface area contributed by atoms with Crippen LogP contribution in [0.2, 0.25) is 0 Å². The summed E-state index contributed by atoms with van der Waals surface area (Å²) in [5.41, 5.74) is 2.61. The molecular formula is C27H25N5O2. The zero-order valence-corrected chi connectivity index (χ0v) is 18.6. The standard InChI is InChI=1S/C27H25N5O2/c33-25-15-13-23(27(34)30-22-12-14-24(28-18-22)32-17-7-16-29-32)26(21-10-5-2-6-11-21)31(25)19-20-8-3-1-4-9-20/h1-12,14,16-18,23,26H,13,15,19H2,(H,30,34). The number of amides is 2. The van der Waals surface area contributed by atoms with E-state index in [9.17, 15) is 9.59 Å². The first-order chi connectivity index (χ1) is 16.7. The van der Waals surface area contributed by atoms with E-state index >= 15 is 0 Å². The van der Waals surface area contributed by atoms with E-state index < -0.39 is 0 Å². The summed E-state index contributed by atoms with van der Waals surface area (Å²) < 4.78 is 1.66. The van der Waals surface area contributed by atoms with E-state index in [1.807, 2.05) is 90.0 Å². The Labute approximate surface area is 198 Å². The van der Waals surface area contributed by atoms with Gasteiger partial charge in [0.2, 0.25) is 11.8 Å². The number of hydrogen-bond acceptors (Lipinski definition) is 4. The Morgan fingerprint density at radius 2 is 1.74 bits per heavy atom. The normalized spacial score (nSPS) is 18.0. The van der Waals surface area contributed by atoms with E-state index in [1.165, 1.54) is 0 Å². The van der Waals surface area contributed by atoms with Crippen molar-refractivity contribution in [2.75, 3.05) is 5.32 Å². The van der Waals surface area contributed by atoms with Crippen LogP contribution in [0.4, 0.5) is 5.69 Å². The van der Waals surface area contributed by atoms with Crippen molar-refractivity contribution in [1.82, 2.24) is 19.7 Å². The molecule has 1 N–H and O–H groups in total. The second kappa shape index (κ2) is 9.70. The summed E-state index contributed by atoms with van der Waals surface area (Å²) in [4.78, 5) is 32.8. The van der Waals surface area contributed by atoms with Gasteiger partial charge in [0.15, 0.2) is 5.82 Å². The van der Waals surface area contributed by atoms with Gasteiger partial charge in [-0.25, -0.2) is 9.67 Å². The van der Waals surface area contributed by atoms with Gasteiger partial charge in [-0.05, 0) is 35.7 Å². The lowest BCUT2D eigenvalue weighted by atomic mass is 9.83. The Kier molecular flexibility index (Phi) is 6.16. The summed E-state index contributed by atoms with van der Waals surface area (Å²) in [5, 5.41) is 7.19. The predicted octanol–water partition coefficient (Wildman–Crippen LogP) is 4.39. The van der Waals surface area contributed by atoms with E-state index in [-0.39, 0.29) is 23.8 Å². The highest BCUT2D eigenvalue weighted by Gasteiger charge is 2.40. The molecule has 0 spiro atoms. The van der Waals surface area contributed by atoms with Gasteiger partial charge in [0.1, 0.15) is 0 Å². The number of anilines is 1. The van der Waals surface area contributed by atoms with Crippen LogP contribution in [-0.4, -0.2) is 31.5 Å². The predicted molar refractivity (Wildman–Crippen MR) is 129 cm³/mol. The van der Waals surface area contributed by atoms with Gasteiger partial charge < -0.3 is 10.2 Å². The molecule has 2 atom stereocenters. The van der Waals surface area contributed by atoms with Gasteiger partial charge >= 0.3 is 0 Å². The molecule has 2 aromatic carbocycles. The third kappa shape index (κ3) is 4.59. The maximum atomic E-state index is 13.5. The number of hydrogen-bond donors (Lipinski definition) is 1. The van der Waals surface area contributed by atoms with Gasteiger partial charge in [0.05, 0.1) is 23.8 Å². The summed E-state index contributed by atoms with van der Waals surface area (Å²) in [5.74, 6) is 0.233. The third-order valence-electron chi connectivity index (χ3n) is 6.13. The number of carbonyl (C=O) groups excluding carboxylic acids is 2. The molecule has 0 aliphatic carbocycles. The van der Waals surface area contributed by atoms with E-state index in [0.717, 1.165) is 11.1 Å². The molecular weight excluding hydrogens is 426 g/mol. The third-order valence-corrected chi connectivity index (χ3v) is 6.13. The number of pyridine rings is 1. The van der Waals surface area contributed by atoms with Crippen molar-refractivity contribution in [1.29, 1.82) is 0 Å². The number of aromatic nitrogens is 3. The highest BCUT2D eigenvalue weighted by atomic mass is 16.2. The van der Waals surface area contributed by atoms with Crippen LogP contribution in [-0.2, 0) is 16.1 Å². The first-order valence-electron chi connectivity index (χ1n) is 11.3. The molecule has 0 radical (unpaired) electrons. The van der Waals surface area contributed by atoms with Crippen LogP contribution >= 0.6 is 0 Å². The zero-order chi connectivity index (χ0) is 23.3. The van der Waals surface area contributed by atoms with E-state index in [0.29, 0.717) is 30.9 Å². The van der Waals surface area contributed by atoms with Crippen LogP contribution in [0.25, 0.3) is 5.82 Å². The van der Waals surface area contributed by atoms with Gasteiger partial charge in [-0.15, -0.1) is 0 Å². The minimum absolute atomic E-state index is 0.0620. The first-order valence-corrected chi connectivity index (χ1v) is 11.3. The molecule has 170 valence electrons. The Bertz CT molecular complexity index is 1240. The highest BCUT2D eigenvalue weighted by molar-refractivity contribution is 5.94. The number of piperidine rings is 1. The number of nitrogens with one attached hydrogen (secondary N) is 1. The molecule has 1 fully saturated rings. The smallest absolute Gasteiger partial charge is 0.229 e. The SMILES string of the molecule is O=C(Nc1ccc(-n2cccn2)nc1)C1CCC(=O)N(Cc2ccccc2)C1c1ccccc1. The lowest BCUT2D eigenvalue weighted by molar-refractivity contribution is -0.142. The number of carbonyl (C=O) groups is 2. The second-order valence-electron chi connectivity index (χ2n) is 8.35. The molecule has 3 heterocycles. The van der Waals surface area contributed by atoms with E-state index in [1.54, 1.807) is 17.1 Å². The van der Waals surface area contributed by atoms with Gasteiger partial charge in [0.25, 0.3) is 0 Å². The average molecular weight is 452 g/mol. The summed E-state index contributed by atoms with van der Waals surface area (Å²) in [7, 11) is 0. The largest absolute Gasteiger partial charge is 0.331 e. The fourth-order valence-electron chi connectivity index (χ4n) is 4.49. The minimum atomic E-state index is -0.380. The maximum absolute atomic E-state index is 13.5. The van der Waals surface area contributed by atoms with Gasteiger partial charge in [-0.2, -0.15) is 5.10 Å². The molecule has 2 amide bonds. The molecule has 2 unspecified atom stereocenters. The quantitative estimate of drug-likeness (QED) is 0.472. The Morgan fingerprint density at radius 3 is 2.41 bits per heavy atom. The van der Waals surface area contributed by atoms with Crippen LogP contribution in [0, 0.1) is 5.92 Å². The van der Waals surface area contributed by atoms with Gasteiger partial charge in [-0.1, -0.05) is 60.7 Å². The fourth-order valence-corrected chi connectivity index (χ4v) is 4.49. The van der Waals surface area contributed by atoms with E-state index in [2.05, 4.69) is 15.4 Å². The van der Waals surface area contributed by atoms with Crippen LogP contribution < -0.4 is 5.32 Å². The minimum Gasteiger partial charge on any atom is -0.331 e. The fraction of sp³-hybridized carbons (Fsp3) is 0.185.